The summed E-state index contributed by atoms with van der Waals surface area (Å²) in [6.45, 7) is 1.62. The molecule has 0 unspecified atom stereocenters. The molecule has 138 valence electrons. The highest BCUT2D eigenvalue weighted by Gasteiger charge is 2.27. The van der Waals surface area contributed by atoms with E-state index < -0.39 is 23.1 Å². The van der Waals surface area contributed by atoms with Gasteiger partial charge in [-0.25, -0.2) is 28.4 Å². The second-order valence-corrected chi connectivity index (χ2v) is 5.95. The number of carbonyl (C=O) groups excluding carboxylic acids is 1. The largest absolute Gasteiger partial charge is 0.353 e. The van der Waals surface area contributed by atoms with E-state index in [-0.39, 0.29) is 0 Å². The molecule has 10 heteroatoms. The summed E-state index contributed by atoms with van der Waals surface area (Å²) in [6, 6.07) is 5.17. The SMILES string of the molecule is O=C(c1c(F)cccc1F)N1CCN(c2cc(-n3cncn3)ncn2)CC1. The number of piperazine rings is 1. The van der Waals surface area contributed by atoms with Crippen LogP contribution in [0.25, 0.3) is 5.82 Å². The van der Waals surface area contributed by atoms with Gasteiger partial charge >= 0.3 is 0 Å². The molecule has 1 amide bonds. The third-order valence-electron chi connectivity index (χ3n) is 4.36. The van der Waals surface area contributed by atoms with Gasteiger partial charge in [0.15, 0.2) is 5.82 Å². The van der Waals surface area contributed by atoms with Crippen LogP contribution < -0.4 is 4.90 Å². The molecule has 1 saturated heterocycles. The molecule has 0 spiro atoms. The van der Waals surface area contributed by atoms with Crippen LogP contribution in [-0.4, -0.2) is 61.7 Å². The summed E-state index contributed by atoms with van der Waals surface area (Å²) in [5.41, 5.74) is -0.513. The van der Waals surface area contributed by atoms with E-state index in [0.717, 1.165) is 12.1 Å². The van der Waals surface area contributed by atoms with E-state index in [1.54, 1.807) is 6.07 Å². The first-order valence-corrected chi connectivity index (χ1v) is 8.29. The molecule has 1 aromatic carbocycles. The maximum absolute atomic E-state index is 13.8. The van der Waals surface area contributed by atoms with E-state index in [4.69, 9.17) is 0 Å². The van der Waals surface area contributed by atoms with E-state index in [1.807, 2.05) is 4.90 Å². The summed E-state index contributed by atoms with van der Waals surface area (Å²) in [6.07, 6.45) is 4.37. The molecule has 3 aromatic rings. The van der Waals surface area contributed by atoms with E-state index in [0.29, 0.717) is 37.8 Å². The summed E-state index contributed by atoms with van der Waals surface area (Å²) in [4.78, 5) is 28.2. The van der Waals surface area contributed by atoms with Crippen molar-refractivity contribution in [2.75, 3.05) is 31.1 Å². The Hall–Kier alpha value is -3.43. The van der Waals surface area contributed by atoms with Gasteiger partial charge in [0.25, 0.3) is 5.91 Å². The molecular weight excluding hydrogens is 356 g/mol. The first-order chi connectivity index (χ1) is 13.1. The van der Waals surface area contributed by atoms with E-state index in [1.165, 1.54) is 34.6 Å². The lowest BCUT2D eigenvalue weighted by Gasteiger charge is -2.35. The molecule has 0 saturated carbocycles. The van der Waals surface area contributed by atoms with Gasteiger partial charge in [-0.15, -0.1) is 0 Å². The summed E-state index contributed by atoms with van der Waals surface area (Å²) >= 11 is 0. The van der Waals surface area contributed by atoms with Crippen LogP contribution in [0.15, 0.2) is 43.2 Å². The second-order valence-electron chi connectivity index (χ2n) is 5.95. The predicted octanol–water partition coefficient (Wildman–Crippen LogP) is 1.30. The highest BCUT2D eigenvalue weighted by Crippen LogP contribution is 2.19. The average molecular weight is 371 g/mol. The van der Waals surface area contributed by atoms with Gasteiger partial charge < -0.3 is 9.80 Å². The molecule has 0 atom stereocenters. The molecule has 1 aliphatic heterocycles. The number of hydrogen-bond acceptors (Lipinski definition) is 6. The first kappa shape index (κ1) is 17.0. The number of carbonyl (C=O) groups is 1. The van der Waals surface area contributed by atoms with Gasteiger partial charge in [0, 0.05) is 32.2 Å². The van der Waals surface area contributed by atoms with Crippen molar-refractivity contribution in [3.05, 3.63) is 60.4 Å². The summed E-state index contributed by atoms with van der Waals surface area (Å²) in [5.74, 6) is -1.09. The van der Waals surface area contributed by atoms with Crippen molar-refractivity contribution in [2.24, 2.45) is 0 Å². The molecule has 2 aromatic heterocycles. The quantitative estimate of drug-likeness (QED) is 0.690. The number of rotatable bonds is 3. The number of nitrogens with zero attached hydrogens (tertiary/aromatic N) is 7. The molecule has 4 rings (SSSR count). The molecule has 8 nitrogen and oxygen atoms in total. The number of amides is 1. The minimum absolute atomic E-state index is 0.329. The van der Waals surface area contributed by atoms with Crippen LogP contribution in [0.2, 0.25) is 0 Å². The van der Waals surface area contributed by atoms with E-state index in [2.05, 4.69) is 20.1 Å². The van der Waals surface area contributed by atoms with Crippen molar-refractivity contribution in [3.8, 4) is 5.82 Å². The number of benzene rings is 1. The molecule has 1 aliphatic rings. The molecule has 27 heavy (non-hydrogen) atoms. The Labute approximate surface area is 153 Å². The lowest BCUT2D eigenvalue weighted by Crippen LogP contribution is -2.49. The Kier molecular flexibility index (Phi) is 4.45. The molecule has 3 heterocycles. The van der Waals surface area contributed by atoms with Crippen LogP contribution in [0.1, 0.15) is 10.4 Å². The van der Waals surface area contributed by atoms with Crippen molar-refractivity contribution in [1.82, 2.24) is 29.6 Å². The van der Waals surface area contributed by atoms with Crippen LogP contribution >= 0.6 is 0 Å². The zero-order valence-corrected chi connectivity index (χ0v) is 14.2. The second kappa shape index (κ2) is 7.06. The maximum Gasteiger partial charge on any atom is 0.259 e. The van der Waals surface area contributed by atoms with Gasteiger partial charge in [0.1, 0.15) is 42.0 Å². The molecular formula is C17H15F2N7O. The smallest absolute Gasteiger partial charge is 0.259 e. The van der Waals surface area contributed by atoms with Gasteiger partial charge in [-0.3, -0.25) is 4.79 Å². The Bertz CT molecular complexity index is 935. The van der Waals surface area contributed by atoms with Gasteiger partial charge in [0.2, 0.25) is 0 Å². The summed E-state index contributed by atoms with van der Waals surface area (Å²) in [7, 11) is 0. The Balaban J connectivity index is 1.47. The number of halogens is 2. The zero-order chi connectivity index (χ0) is 18.8. The normalized spacial score (nSPS) is 14.4. The van der Waals surface area contributed by atoms with Crippen molar-refractivity contribution in [3.63, 3.8) is 0 Å². The third-order valence-corrected chi connectivity index (χ3v) is 4.36. The van der Waals surface area contributed by atoms with E-state index >= 15 is 0 Å². The van der Waals surface area contributed by atoms with Crippen LogP contribution in [0.4, 0.5) is 14.6 Å². The molecule has 0 radical (unpaired) electrons. The first-order valence-electron chi connectivity index (χ1n) is 8.29. The number of anilines is 1. The molecule has 1 fully saturated rings. The lowest BCUT2D eigenvalue weighted by atomic mass is 10.1. The van der Waals surface area contributed by atoms with Gasteiger partial charge in [-0.05, 0) is 12.1 Å². The highest BCUT2D eigenvalue weighted by atomic mass is 19.1. The van der Waals surface area contributed by atoms with Crippen LogP contribution in [0.5, 0.6) is 0 Å². The van der Waals surface area contributed by atoms with Gasteiger partial charge in [-0.1, -0.05) is 6.07 Å². The average Bonchev–Trinajstić information content (AvgIpc) is 3.23. The Morgan fingerprint density at radius 2 is 1.67 bits per heavy atom. The number of hydrogen-bond donors (Lipinski definition) is 0. The summed E-state index contributed by atoms with van der Waals surface area (Å²) < 4.78 is 29.2. The molecule has 0 N–H and O–H groups in total. The maximum atomic E-state index is 13.8. The van der Waals surface area contributed by atoms with Gasteiger partial charge in [-0.2, -0.15) is 5.10 Å². The monoisotopic (exact) mass is 371 g/mol. The Morgan fingerprint density at radius 1 is 0.963 bits per heavy atom. The lowest BCUT2D eigenvalue weighted by molar-refractivity contribution is 0.0736. The molecule has 0 bridgehead atoms. The van der Waals surface area contributed by atoms with Crippen molar-refractivity contribution >= 4 is 11.7 Å². The Morgan fingerprint density at radius 3 is 2.33 bits per heavy atom. The fraction of sp³-hybridized carbons (Fsp3) is 0.235. The van der Waals surface area contributed by atoms with Crippen molar-refractivity contribution in [1.29, 1.82) is 0 Å². The fourth-order valence-electron chi connectivity index (χ4n) is 2.96. The van der Waals surface area contributed by atoms with E-state index in [9.17, 15) is 13.6 Å². The minimum Gasteiger partial charge on any atom is -0.353 e. The standard InChI is InChI=1S/C17H15F2N7O/c18-12-2-1-3-13(19)16(12)17(27)25-6-4-24(5-7-25)14-8-15(22-10-21-14)26-11-20-9-23-26/h1-3,8-11H,4-7H2. The van der Waals surface area contributed by atoms with Crippen LogP contribution in [0.3, 0.4) is 0 Å². The predicted molar refractivity (Wildman–Crippen MR) is 91.4 cm³/mol. The topological polar surface area (TPSA) is 80.0 Å². The fourth-order valence-corrected chi connectivity index (χ4v) is 2.96. The third kappa shape index (κ3) is 3.33. The number of aromatic nitrogens is 5. The minimum atomic E-state index is -0.851. The van der Waals surface area contributed by atoms with Crippen LogP contribution in [0, 0.1) is 11.6 Å². The zero-order valence-electron chi connectivity index (χ0n) is 14.2. The molecule has 0 aliphatic carbocycles. The van der Waals surface area contributed by atoms with Crippen molar-refractivity contribution in [2.45, 2.75) is 0 Å². The summed E-state index contributed by atoms with van der Waals surface area (Å²) in [5, 5.41) is 4.03. The highest BCUT2D eigenvalue weighted by molar-refractivity contribution is 5.95. The van der Waals surface area contributed by atoms with Gasteiger partial charge in [0.05, 0.1) is 0 Å². The van der Waals surface area contributed by atoms with Crippen LogP contribution in [-0.2, 0) is 0 Å². The van der Waals surface area contributed by atoms with Crippen molar-refractivity contribution < 1.29 is 13.6 Å².